The Morgan fingerprint density at radius 2 is 1.71 bits per heavy atom. The molecule has 1 aromatic rings. The van der Waals surface area contributed by atoms with Crippen LogP contribution in [-0.2, 0) is 16.0 Å². The standard InChI is InChI=1S/C25H47N7O3/c26-14-9-8-11-23(32-21-22(13-20-33)29-30-32)25(35)28-15-10-6-4-2-1-3-5-7-12-24(34)31-18-16-27-17-19-31/h21,23,27,33H,1-20,26H2,(H,28,35)/t23-/m0/s1. The van der Waals surface area contributed by atoms with Crippen LogP contribution in [-0.4, -0.2) is 82.7 Å². The normalized spacial score (nSPS) is 14.7. The summed E-state index contributed by atoms with van der Waals surface area (Å²) in [5.41, 5.74) is 6.30. The van der Waals surface area contributed by atoms with Crippen molar-refractivity contribution in [2.24, 2.45) is 5.73 Å². The largest absolute Gasteiger partial charge is 0.396 e. The lowest BCUT2D eigenvalue weighted by Gasteiger charge is -2.27. The molecule has 0 bridgehead atoms. The van der Waals surface area contributed by atoms with Gasteiger partial charge in [0.2, 0.25) is 11.8 Å². The van der Waals surface area contributed by atoms with Crippen LogP contribution in [0.25, 0.3) is 0 Å². The van der Waals surface area contributed by atoms with Crippen molar-refractivity contribution in [3.05, 3.63) is 11.9 Å². The molecule has 2 amide bonds. The van der Waals surface area contributed by atoms with E-state index < -0.39 is 0 Å². The van der Waals surface area contributed by atoms with Crippen LogP contribution in [0, 0.1) is 0 Å². The first-order valence-corrected chi connectivity index (χ1v) is 13.6. The Morgan fingerprint density at radius 3 is 2.40 bits per heavy atom. The van der Waals surface area contributed by atoms with E-state index in [1.54, 1.807) is 10.9 Å². The maximum absolute atomic E-state index is 12.8. The fourth-order valence-electron chi connectivity index (χ4n) is 4.42. The van der Waals surface area contributed by atoms with Crippen molar-refractivity contribution < 1.29 is 14.7 Å². The summed E-state index contributed by atoms with van der Waals surface area (Å²) in [6.07, 6.45) is 14.2. The lowest BCUT2D eigenvalue weighted by molar-refractivity contribution is -0.131. The molecule has 10 heteroatoms. The van der Waals surface area contributed by atoms with Gasteiger partial charge in [0.15, 0.2) is 0 Å². The van der Waals surface area contributed by atoms with Crippen LogP contribution in [0.5, 0.6) is 0 Å². The number of hydrogen-bond donors (Lipinski definition) is 4. The van der Waals surface area contributed by atoms with E-state index >= 15 is 0 Å². The summed E-state index contributed by atoms with van der Waals surface area (Å²) in [7, 11) is 0. The van der Waals surface area contributed by atoms with E-state index in [2.05, 4.69) is 20.9 Å². The Morgan fingerprint density at radius 1 is 1.03 bits per heavy atom. The second-order valence-electron chi connectivity index (χ2n) is 9.46. The number of aliphatic hydroxyl groups excluding tert-OH is 1. The molecule has 1 fully saturated rings. The average molecular weight is 494 g/mol. The van der Waals surface area contributed by atoms with Gasteiger partial charge in [0.05, 0.1) is 5.69 Å². The monoisotopic (exact) mass is 493 g/mol. The number of unbranched alkanes of at least 4 members (excludes halogenated alkanes) is 8. The number of hydrogen-bond acceptors (Lipinski definition) is 7. The summed E-state index contributed by atoms with van der Waals surface area (Å²) in [4.78, 5) is 26.9. The minimum absolute atomic E-state index is 0.0131. The molecule has 0 spiro atoms. The first kappa shape index (κ1) is 29.2. The van der Waals surface area contributed by atoms with Gasteiger partial charge in [0.1, 0.15) is 6.04 Å². The molecule has 0 aromatic carbocycles. The zero-order valence-corrected chi connectivity index (χ0v) is 21.4. The first-order chi connectivity index (χ1) is 17.2. The molecule has 5 N–H and O–H groups in total. The predicted octanol–water partition coefficient (Wildman–Crippen LogP) is 1.54. The van der Waals surface area contributed by atoms with Crippen molar-refractivity contribution in [2.45, 2.75) is 89.5 Å². The lowest BCUT2D eigenvalue weighted by Crippen LogP contribution is -2.46. The maximum atomic E-state index is 12.8. The second kappa shape index (κ2) is 18.3. The van der Waals surface area contributed by atoms with Crippen LogP contribution in [0.2, 0.25) is 0 Å². The highest BCUT2D eigenvalue weighted by Gasteiger charge is 2.21. The van der Waals surface area contributed by atoms with Crippen molar-refractivity contribution in [3.63, 3.8) is 0 Å². The zero-order valence-electron chi connectivity index (χ0n) is 21.4. The second-order valence-corrected chi connectivity index (χ2v) is 9.46. The Labute approximate surface area is 210 Å². The Balaban J connectivity index is 1.51. The molecule has 200 valence electrons. The number of nitrogens with zero attached hydrogens (tertiary/aromatic N) is 4. The molecule has 10 nitrogen and oxygen atoms in total. The van der Waals surface area contributed by atoms with Crippen molar-refractivity contribution >= 4 is 11.8 Å². The van der Waals surface area contributed by atoms with E-state index in [0.29, 0.717) is 44.0 Å². The molecule has 2 rings (SSSR count). The number of nitrogens with one attached hydrogen (secondary N) is 2. The smallest absolute Gasteiger partial charge is 0.244 e. The number of aromatic nitrogens is 3. The van der Waals surface area contributed by atoms with Gasteiger partial charge < -0.3 is 26.4 Å². The van der Waals surface area contributed by atoms with Gasteiger partial charge in [-0.3, -0.25) is 9.59 Å². The van der Waals surface area contributed by atoms with Crippen LogP contribution < -0.4 is 16.4 Å². The van der Waals surface area contributed by atoms with Crippen molar-refractivity contribution in [3.8, 4) is 0 Å². The van der Waals surface area contributed by atoms with Gasteiger partial charge in [0.25, 0.3) is 0 Å². The van der Waals surface area contributed by atoms with Gasteiger partial charge in [0, 0.05) is 58.4 Å². The van der Waals surface area contributed by atoms with E-state index in [-0.39, 0.29) is 18.6 Å². The fourth-order valence-corrected chi connectivity index (χ4v) is 4.42. The van der Waals surface area contributed by atoms with Gasteiger partial charge in [-0.2, -0.15) is 0 Å². The summed E-state index contributed by atoms with van der Waals surface area (Å²) >= 11 is 0. The van der Waals surface area contributed by atoms with Crippen molar-refractivity contribution in [2.75, 3.05) is 45.9 Å². The summed E-state index contributed by atoms with van der Waals surface area (Å²) in [5.74, 6) is 0.280. The van der Waals surface area contributed by atoms with Gasteiger partial charge in [-0.05, 0) is 38.6 Å². The quantitative estimate of drug-likeness (QED) is 0.214. The first-order valence-electron chi connectivity index (χ1n) is 13.6. The molecule has 0 radical (unpaired) electrons. The van der Waals surface area contributed by atoms with Crippen LogP contribution >= 0.6 is 0 Å². The highest BCUT2D eigenvalue weighted by Crippen LogP contribution is 2.15. The molecular formula is C25H47N7O3. The predicted molar refractivity (Wildman–Crippen MR) is 137 cm³/mol. The summed E-state index contributed by atoms with van der Waals surface area (Å²) in [6.45, 7) is 4.81. The molecule has 0 aliphatic carbocycles. The Kier molecular flexibility index (Phi) is 15.2. The van der Waals surface area contributed by atoms with Crippen molar-refractivity contribution in [1.29, 1.82) is 0 Å². The van der Waals surface area contributed by atoms with Crippen LogP contribution in [0.3, 0.4) is 0 Å². The maximum Gasteiger partial charge on any atom is 0.244 e. The zero-order chi connectivity index (χ0) is 25.1. The molecule has 35 heavy (non-hydrogen) atoms. The van der Waals surface area contributed by atoms with Gasteiger partial charge in [-0.15, -0.1) is 5.10 Å². The SMILES string of the molecule is NCCCC[C@@H](C(=O)NCCCCCCCCCCC(=O)N1CCNCC1)n1cc(CCO)nn1. The number of piperazine rings is 1. The summed E-state index contributed by atoms with van der Waals surface area (Å²) in [6, 6.07) is -0.389. The van der Waals surface area contributed by atoms with E-state index in [1.165, 1.54) is 25.7 Å². The fraction of sp³-hybridized carbons (Fsp3) is 0.840. The molecule has 0 saturated carbocycles. The van der Waals surface area contributed by atoms with Gasteiger partial charge in [-0.1, -0.05) is 43.7 Å². The summed E-state index contributed by atoms with van der Waals surface area (Å²) in [5, 5.41) is 23.6. The molecule has 1 aromatic heterocycles. The molecule has 0 unspecified atom stereocenters. The van der Waals surface area contributed by atoms with Crippen LogP contribution in [0.1, 0.15) is 88.8 Å². The number of carbonyl (C=O) groups is 2. The van der Waals surface area contributed by atoms with E-state index in [9.17, 15) is 9.59 Å². The third-order valence-corrected chi connectivity index (χ3v) is 6.57. The third-order valence-electron chi connectivity index (χ3n) is 6.57. The molecule has 1 atom stereocenters. The highest BCUT2D eigenvalue weighted by molar-refractivity contribution is 5.80. The van der Waals surface area contributed by atoms with E-state index in [0.717, 1.165) is 64.7 Å². The molecule has 1 aliphatic heterocycles. The minimum atomic E-state index is -0.389. The number of nitrogens with two attached hydrogens (primary N) is 1. The van der Waals surface area contributed by atoms with E-state index in [4.69, 9.17) is 10.8 Å². The average Bonchev–Trinajstić information content (AvgIpc) is 3.33. The van der Waals surface area contributed by atoms with Crippen LogP contribution in [0.4, 0.5) is 0 Å². The Bertz CT molecular complexity index is 707. The van der Waals surface area contributed by atoms with Crippen LogP contribution in [0.15, 0.2) is 6.20 Å². The number of rotatable bonds is 19. The Hall–Kier alpha value is -2.04. The lowest BCUT2D eigenvalue weighted by atomic mass is 10.1. The molecule has 1 aliphatic rings. The molecular weight excluding hydrogens is 446 g/mol. The number of aliphatic hydroxyl groups is 1. The topological polar surface area (TPSA) is 138 Å². The number of amides is 2. The van der Waals surface area contributed by atoms with Gasteiger partial charge in [-0.25, -0.2) is 4.68 Å². The van der Waals surface area contributed by atoms with E-state index in [1.807, 2.05) is 4.90 Å². The molecule has 2 heterocycles. The minimum Gasteiger partial charge on any atom is -0.396 e. The van der Waals surface area contributed by atoms with Gasteiger partial charge >= 0.3 is 0 Å². The summed E-state index contributed by atoms with van der Waals surface area (Å²) < 4.78 is 1.62. The molecule has 1 saturated heterocycles. The third kappa shape index (κ3) is 12.0. The van der Waals surface area contributed by atoms with Crippen molar-refractivity contribution in [1.82, 2.24) is 30.5 Å². The number of carbonyl (C=O) groups excluding carboxylic acids is 2. The highest BCUT2D eigenvalue weighted by atomic mass is 16.3.